The first-order valence-electron chi connectivity index (χ1n) is 7.33. The van der Waals surface area contributed by atoms with Gasteiger partial charge >= 0.3 is 0 Å². The third-order valence-electron chi connectivity index (χ3n) is 4.32. The Morgan fingerprint density at radius 2 is 1.95 bits per heavy atom. The van der Waals surface area contributed by atoms with Crippen molar-refractivity contribution in [1.82, 2.24) is 9.38 Å². The minimum absolute atomic E-state index is 0.904. The van der Waals surface area contributed by atoms with Gasteiger partial charge < -0.3 is 4.74 Å². The molecule has 3 heteroatoms. The van der Waals surface area contributed by atoms with E-state index in [1.54, 1.807) is 7.11 Å². The lowest BCUT2D eigenvalue weighted by molar-refractivity contribution is 0.415. The van der Waals surface area contributed by atoms with E-state index in [0.29, 0.717) is 0 Å². The summed E-state index contributed by atoms with van der Waals surface area (Å²) in [5.74, 6) is 0.904. The third-order valence-corrected chi connectivity index (χ3v) is 4.32. The van der Waals surface area contributed by atoms with Crippen LogP contribution in [0.2, 0.25) is 0 Å². The van der Waals surface area contributed by atoms with E-state index in [4.69, 9.17) is 9.72 Å². The summed E-state index contributed by atoms with van der Waals surface area (Å²) in [6, 6.07) is 10.7. The van der Waals surface area contributed by atoms with E-state index >= 15 is 0 Å². The summed E-state index contributed by atoms with van der Waals surface area (Å²) >= 11 is 0. The monoisotopic (exact) mass is 278 g/mol. The Bertz CT molecular complexity index is 861. The summed E-state index contributed by atoms with van der Waals surface area (Å²) < 4.78 is 7.68. The van der Waals surface area contributed by atoms with E-state index in [0.717, 1.165) is 24.2 Å². The molecule has 0 aliphatic heterocycles. The number of rotatable bonds is 1. The topological polar surface area (TPSA) is 26.5 Å². The molecule has 1 aromatic carbocycles. The van der Waals surface area contributed by atoms with Gasteiger partial charge in [-0.2, -0.15) is 0 Å². The Labute approximate surface area is 124 Å². The second kappa shape index (κ2) is 4.35. The number of imidazole rings is 1. The summed E-state index contributed by atoms with van der Waals surface area (Å²) in [5.41, 5.74) is 8.61. The zero-order chi connectivity index (χ0) is 14.6. The fraction of sp³-hybridized carbons (Fsp3) is 0.278. The summed E-state index contributed by atoms with van der Waals surface area (Å²) in [7, 11) is 1.72. The molecular formula is C18H18N2O. The molecule has 3 aromatic rings. The molecule has 21 heavy (non-hydrogen) atoms. The predicted molar refractivity (Wildman–Crippen MR) is 84.1 cm³/mol. The molecule has 0 bridgehead atoms. The van der Waals surface area contributed by atoms with Crippen molar-refractivity contribution in [2.45, 2.75) is 26.7 Å². The number of benzene rings is 1. The van der Waals surface area contributed by atoms with Crippen molar-refractivity contribution in [3.05, 3.63) is 52.8 Å². The highest BCUT2D eigenvalue weighted by atomic mass is 16.5. The number of fused-ring (bicyclic) bond motifs is 5. The molecule has 0 radical (unpaired) electrons. The van der Waals surface area contributed by atoms with Crippen LogP contribution in [0.25, 0.3) is 16.9 Å². The van der Waals surface area contributed by atoms with Gasteiger partial charge in [-0.3, -0.25) is 4.40 Å². The molecule has 0 saturated carbocycles. The van der Waals surface area contributed by atoms with Crippen molar-refractivity contribution >= 4 is 5.65 Å². The molecule has 2 aromatic heterocycles. The first-order chi connectivity index (χ1) is 10.2. The predicted octanol–water partition coefficient (Wildman–Crippen LogP) is 3.73. The Balaban J connectivity index is 2.09. The summed E-state index contributed by atoms with van der Waals surface area (Å²) in [4.78, 5) is 4.85. The molecule has 1 aliphatic rings. The van der Waals surface area contributed by atoms with Gasteiger partial charge in [0.15, 0.2) is 0 Å². The molecule has 3 nitrogen and oxygen atoms in total. The van der Waals surface area contributed by atoms with Gasteiger partial charge in [0, 0.05) is 11.3 Å². The number of ether oxygens (including phenoxy) is 1. The van der Waals surface area contributed by atoms with Gasteiger partial charge in [0.1, 0.15) is 11.4 Å². The van der Waals surface area contributed by atoms with Crippen LogP contribution in [0.3, 0.4) is 0 Å². The average molecular weight is 278 g/mol. The summed E-state index contributed by atoms with van der Waals surface area (Å²) in [6.07, 6.45) is 2.06. The Kier molecular flexibility index (Phi) is 2.58. The van der Waals surface area contributed by atoms with Crippen LogP contribution >= 0.6 is 0 Å². The number of nitrogens with zero attached hydrogens (tertiary/aromatic N) is 2. The van der Waals surface area contributed by atoms with Crippen molar-refractivity contribution in [2.75, 3.05) is 7.11 Å². The average Bonchev–Trinajstić information content (AvgIpc) is 2.85. The Morgan fingerprint density at radius 3 is 2.76 bits per heavy atom. The Hall–Kier alpha value is -2.29. The minimum atomic E-state index is 0.904. The lowest BCUT2D eigenvalue weighted by Crippen LogP contribution is -2.06. The second-order valence-corrected chi connectivity index (χ2v) is 5.80. The maximum absolute atomic E-state index is 5.40. The highest BCUT2D eigenvalue weighted by molar-refractivity contribution is 5.74. The van der Waals surface area contributed by atoms with Gasteiger partial charge in [-0.25, -0.2) is 4.98 Å². The van der Waals surface area contributed by atoms with Crippen molar-refractivity contribution in [3.8, 4) is 17.0 Å². The summed E-state index contributed by atoms with van der Waals surface area (Å²) in [6.45, 7) is 4.27. The molecule has 1 aliphatic carbocycles. The van der Waals surface area contributed by atoms with Crippen LogP contribution in [0.15, 0.2) is 30.3 Å². The lowest BCUT2D eigenvalue weighted by Gasteiger charge is -2.18. The molecule has 0 saturated heterocycles. The van der Waals surface area contributed by atoms with Gasteiger partial charge in [0.2, 0.25) is 0 Å². The van der Waals surface area contributed by atoms with Crippen LogP contribution in [-0.2, 0) is 12.8 Å². The molecule has 4 rings (SSSR count). The van der Waals surface area contributed by atoms with E-state index in [1.165, 1.54) is 33.8 Å². The maximum Gasteiger partial charge on any atom is 0.137 e. The van der Waals surface area contributed by atoms with Gasteiger partial charge in [-0.05, 0) is 62.1 Å². The SMILES string of the molecule is COc1ccc2c(c1)-c1c(nc3cc(C)cc(C)n13)CC2. The zero-order valence-corrected chi connectivity index (χ0v) is 12.6. The van der Waals surface area contributed by atoms with Gasteiger partial charge in [-0.15, -0.1) is 0 Å². The fourth-order valence-electron chi connectivity index (χ4n) is 3.40. The number of aromatic nitrogens is 2. The van der Waals surface area contributed by atoms with Crippen LogP contribution in [0.5, 0.6) is 5.75 Å². The molecule has 2 heterocycles. The zero-order valence-electron chi connectivity index (χ0n) is 12.6. The minimum Gasteiger partial charge on any atom is -0.497 e. The number of aryl methyl sites for hydroxylation is 4. The van der Waals surface area contributed by atoms with Gasteiger partial charge in [-0.1, -0.05) is 6.07 Å². The highest BCUT2D eigenvalue weighted by Crippen LogP contribution is 2.36. The molecule has 0 amide bonds. The van der Waals surface area contributed by atoms with Crippen LogP contribution in [0, 0.1) is 13.8 Å². The van der Waals surface area contributed by atoms with E-state index in [9.17, 15) is 0 Å². The van der Waals surface area contributed by atoms with Crippen molar-refractivity contribution in [2.24, 2.45) is 0 Å². The van der Waals surface area contributed by atoms with Crippen LogP contribution < -0.4 is 4.74 Å². The van der Waals surface area contributed by atoms with E-state index in [2.05, 4.69) is 42.5 Å². The molecule has 106 valence electrons. The second-order valence-electron chi connectivity index (χ2n) is 5.80. The molecule has 0 unspecified atom stereocenters. The smallest absolute Gasteiger partial charge is 0.137 e. The van der Waals surface area contributed by atoms with Crippen LogP contribution in [-0.4, -0.2) is 16.5 Å². The fourth-order valence-corrected chi connectivity index (χ4v) is 3.40. The van der Waals surface area contributed by atoms with Gasteiger partial charge in [0.05, 0.1) is 18.5 Å². The molecule has 0 fully saturated rings. The Morgan fingerprint density at radius 1 is 1.10 bits per heavy atom. The molecule has 0 spiro atoms. The third kappa shape index (κ3) is 1.77. The van der Waals surface area contributed by atoms with Crippen molar-refractivity contribution in [1.29, 1.82) is 0 Å². The van der Waals surface area contributed by atoms with E-state index in [1.807, 2.05) is 6.07 Å². The highest BCUT2D eigenvalue weighted by Gasteiger charge is 2.23. The quantitative estimate of drug-likeness (QED) is 0.678. The van der Waals surface area contributed by atoms with Crippen LogP contribution in [0.1, 0.15) is 22.5 Å². The first-order valence-corrected chi connectivity index (χ1v) is 7.33. The number of pyridine rings is 1. The standard InChI is InChI=1S/C18H18N2O/c1-11-8-12(2)20-17(9-11)19-16-7-5-13-4-6-14(21-3)10-15(13)18(16)20/h4,6,8-10H,5,7H2,1-3H3. The van der Waals surface area contributed by atoms with E-state index in [-0.39, 0.29) is 0 Å². The largest absolute Gasteiger partial charge is 0.497 e. The molecule has 0 N–H and O–H groups in total. The molecular weight excluding hydrogens is 260 g/mol. The normalized spacial score (nSPS) is 13.1. The van der Waals surface area contributed by atoms with Gasteiger partial charge in [0.25, 0.3) is 0 Å². The lowest BCUT2D eigenvalue weighted by atomic mass is 9.92. The maximum atomic E-state index is 5.40. The van der Waals surface area contributed by atoms with E-state index < -0.39 is 0 Å². The number of hydrogen-bond acceptors (Lipinski definition) is 2. The van der Waals surface area contributed by atoms with Crippen molar-refractivity contribution in [3.63, 3.8) is 0 Å². The number of methoxy groups -OCH3 is 1. The first kappa shape index (κ1) is 12.5. The number of hydrogen-bond donors (Lipinski definition) is 0. The van der Waals surface area contributed by atoms with Crippen molar-refractivity contribution < 1.29 is 4.74 Å². The summed E-state index contributed by atoms with van der Waals surface area (Å²) in [5, 5.41) is 0. The van der Waals surface area contributed by atoms with Crippen LogP contribution in [0.4, 0.5) is 0 Å². The molecule has 0 atom stereocenters.